The molecule has 4 nitrogen and oxygen atoms in total. The summed E-state index contributed by atoms with van der Waals surface area (Å²) in [6.45, 7) is 3.79. The molecule has 0 aliphatic carbocycles. The van der Waals surface area contributed by atoms with Crippen LogP contribution in [0.3, 0.4) is 0 Å². The van der Waals surface area contributed by atoms with Crippen molar-refractivity contribution in [2.45, 2.75) is 25.7 Å². The first kappa shape index (κ1) is 11.9. The van der Waals surface area contributed by atoms with Crippen LogP contribution < -0.4 is 5.32 Å². The van der Waals surface area contributed by atoms with Crippen molar-refractivity contribution in [1.82, 2.24) is 0 Å². The Morgan fingerprint density at radius 1 is 1.47 bits per heavy atom. The van der Waals surface area contributed by atoms with Crippen LogP contribution in [-0.2, 0) is 10.2 Å². The van der Waals surface area contributed by atoms with Gasteiger partial charge < -0.3 is 10.4 Å². The van der Waals surface area contributed by atoms with Crippen molar-refractivity contribution in [3.05, 3.63) is 28.3 Å². The summed E-state index contributed by atoms with van der Waals surface area (Å²) in [6.07, 6.45) is 0.319. The third kappa shape index (κ3) is 2.00. The lowest BCUT2D eigenvalue weighted by Gasteiger charge is -2.33. The molecule has 1 aliphatic heterocycles. The Balaban J connectivity index is 2.73. The van der Waals surface area contributed by atoms with Crippen LogP contribution in [-0.4, -0.2) is 17.0 Å². The Morgan fingerprint density at radius 3 is 2.71 bits per heavy atom. The van der Waals surface area contributed by atoms with Gasteiger partial charge in [-0.05, 0) is 17.7 Å². The highest BCUT2D eigenvalue weighted by Crippen LogP contribution is 2.40. The van der Waals surface area contributed by atoms with Gasteiger partial charge in [-0.3, -0.25) is 4.79 Å². The van der Waals surface area contributed by atoms with E-state index in [1.54, 1.807) is 6.07 Å². The zero-order valence-electron chi connectivity index (χ0n) is 9.50. The third-order valence-corrected chi connectivity index (χ3v) is 3.15. The van der Waals surface area contributed by atoms with E-state index >= 15 is 0 Å². The summed E-state index contributed by atoms with van der Waals surface area (Å²) in [5.41, 5.74) is 0.756. The third-order valence-electron chi connectivity index (χ3n) is 2.93. The fourth-order valence-electron chi connectivity index (χ4n) is 2.12. The van der Waals surface area contributed by atoms with Gasteiger partial charge in [0.25, 0.3) is 0 Å². The van der Waals surface area contributed by atoms with E-state index < -0.39 is 11.4 Å². The Kier molecular flexibility index (Phi) is 2.62. The molecule has 0 saturated carbocycles. The first-order chi connectivity index (χ1) is 7.81. The number of rotatable bonds is 1. The van der Waals surface area contributed by atoms with Crippen LogP contribution in [0.4, 0.5) is 5.69 Å². The van der Waals surface area contributed by atoms with Gasteiger partial charge in [0, 0.05) is 16.9 Å². The fourth-order valence-corrected chi connectivity index (χ4v) is 2.34. The second-order valence-corrected chi connectivity index (χ2v) is 5.23. The van der Waals surface area contributed by atoms with Crippen molar-refractivity contribution in [1.29, 1.82) is 0 Å². The van der Waals surface area contributed by atoms with E-state index in [0.29, 0.717) is 17.1 Å². The molecule has 1 aromatic carbocycles. The quantitative estimate of drug-likeness (QED) is 0.809. The van der Waals surface area contributed by atoms with Gasteiger partial charge >= 0.3 is 5.97 Å². The lowest BCUT2D eigenvalue weighted by Crippen LogP contribution is -2.33. The molecule has 0 bridgehead atoms. The number of hydrogen-bond donors (Lipinski definition) is 2. The topological polar surface area (TPSA) is 66.4 Å². The molecule has 1 amide bonds. The first-order valence-corrected chi connectivity index (χ1v) is 5.56. The van der Waals surface area contributed by atoms with E-state index in [1.165, 1.54) is 6.07 Å². The highest BCUT2D eigenvalue weighted by molar-refractivity contribution is 6.31. The van der Waals surface area contributed by atoms with Gasteiger partial charge in [0.15, 0.2) is 0 Å². The minimum atomic E-state index is -1.10. The number of amides is 1. The van der Waals surface area contributed by atoms with Crippen LogP contribution in [0.25, 0.3) is 0 Å². The number of anilines is 1. The number of aromatic carboxylic acids is 1. The first-order valence-electron chi connectivity index (χ1n) is 5.18. The van der Waals surface area contributed by atoms with Crippen LogP contribution in [0.2, 0.25) is 5.02 Å². The Labute approximate surface area is 104 Å². The van der Waals surface area contributed by atoms with E-state index in [4.69, 9.17) is 16.7 Å². The Hall–Kier alpha value is -1.55. The van der Waals surface area contributed by atoms with E-state index in [1.807, 2.05) is 13.8 Å². The van der Waals surface area contributed by atoms with Crippen molar-refractivity contribution in [3.63, 3.8) is 0 Å². The molecule has 0 spiro atoms. The molecule has 0 unspecified atom stereocenters. The Bertz CT molecular complexity index is 523. The summed E-state index contributed by atoms with van der Waals surface area (Å²) in [6, 6.07) is 3.06. The number of benzene rings is 1. The van der Waals surface area contributed by atoms with E-state index in [9.17, 15) is 9.59 Å². The second kappa shape index (κ2) is 3.74. The van der Waals surface area contributed by atoms with Gasteiger partial charge in [0.1, 0.15) is 0 Å². The lowest BCUT2D eigenvalue weighted by atomic mass is 9.77. The van der Waals surface area contributed by atoms with Crippen LogP contribution in [0, 0.1) is 0 Å². The number of nitrogens with one attached hydrogen (secondary N) is 1. The average molecular weight is 254 g/mol. The number of carboxylic acid groups (broad SMARTS) is 1. The molecule has 2 N–H and O–H groups in total. The van der Waals surface area contributed by atoms with E-state index in [-0.39, 0.29) is 11.5 Å². The minimum absolute atomic E-state index is 0.0358. The van der Waals surface area contributed by atoms with Gasteiger partial charge in [-0.1, -0.05) is 25.4 Å². The highest BCUT2D eigenvalue weighted by atomic mass is 35.5. The summed E-state index contributed by atoms with van der Waals surface area (Å²) >= 11 is 5.91. The molecule has 0 radical (unpaired) electrons. The lowest BCUT2D eigenvalue weighted by molar-refractivity contribution is -0.117. The SMILES string of the molecule is CC1(C)CC(=O)Nc2c(C(=O)O)cc(Cl)cc21. The molecule has 0 saturated heterocycles. The monoisotopic (exact) mass is 253 g/mol. The number of carboxylic acids is 1. The molecule has 0 atom stereocenters. The largest absolute Gasteiger partial charge is 0.478 e. The van der Waals surface area contributed by atoms with E-state index in [0.717, 1.165) is 5.56 Å². The maximum atomic E-state index is 11.6. The maximum absolute atomic E-state index is 11.6. The van der Waals surface area contributed by atoms with Gasteiger partial charge in [-0.2, -0.15) is 0 Å². The predicted octanol–water partition coefficient (Wildman–Crippen LogP) is 2.66. The normalized spacial score (nSPS) is 17.2. The molecule has 1 heterocycles. The average Bonchev–Trinajstić information content (AvgIpc) is 2.17. The second-order valence-electron chi connectivity index (χ2n) is 4.79. The number of fused-ring (bicyclic) bond motifs is 1. The standard InChI is InChI=1S/C12H12ClNO3/c1-12(2)5-9(15)14-10-7(11(16)17)3-6(13)4-8(10)12/h3-4H,5H2,1-2H3,(H,14,15)(H,16,17). The number of carbonyl (C=O) groups excluding carboxylic acids is 1. The molecule has 5 heteroatoms. The number of halogens is 1. The number of hydrogen-bond acceptors (Lipinski definition) is 2. The zero-order chi connectivity index (χ0) is 12.8. The molecule has 1 aliphatic rings. The van der Waals surface area contributed by atoms with Crippen molar-refractivity contribution < 1.29 is 14.7 Å². The van der Waals surface area contributed by atoms with E-state index in [2.05, 4.69) is 5.32 Å². The molecule has 2 rings (SSSR count). The zero-order valence-corrected chi connectivity index (χ0v) is 10.3. The van der Waals surface area contributed by atoms with Crippen molar-refractivity contribution in [2.24, 2.45) is 0 Å². The van der Waals surface area contributed by atoms with Crippen molar-refractivity contribution >= 4 is 29.2 Å². The fraction of sp³-hybridized carbons (Fsp3) is 0.333. The molecule has 17 heavy (non-hydrogen) atoms. The number of carbonyl (C=O) groups is 2. The molecular weight excluding hydrogens is 242 g/mol. The highest BCUT2D eigenvalue weighted by Gasteiger charge is 2.34. The Morgan fingerprint density at radius 2 is 2.12 bits per heavy atom. The summed E-state index contributed by atoms with van der Waals surface area (Å²) in [5.74, 6) is -1.27. The molecule has 90 valence electrons. The van der Waals surface area contributed by atoms with Gasteiger partial charge in [0.2, 0.25) is 5.91 Å². The smallest absolute Gasteiger partial charge is 0.337 e. The van der Waals surface area contributed by atoms with Crippen LogP contribution in [0.5, 0.6) is 0 Å². The van der Waals surface area contributed by atoms with Crippen LogP contribution >= 0.6 is 11.6 Å². The molecule has 0 fully saturated rings. The predicted molar refractivity (Wildman–Crippen MR) is 64.7 cm³/mol. The molecule has 0 aromatic heterocycles. The van der Waals surface area contributed by atoms with Crippen LogP contribution in [0.15, 0.2) is 12.1 Å². The van der Waals surface area contributed by atoms with Crippen LogP contribution in [0.1, 0.15) is 36.2 Å². The van der Waals surface area contributed by atoms with Gasteiger partial charge in [-0.15, -0.1) is 0 Å². The summed E-state index contributed by atoms with van der Waals surface area (Å²) in [5, 5.41) is 12.1. The molecular formula is C12H12ClNO3. The molecule has 1 aromatic rings. The summed E-state index contributed by atoms with van der Waals surface area (Å²) < 4.78 is 0. The summed E-state index contributed by atoms with van der Waals surface area (Å²) in [4.78, 5) is 22.7. The minimum Gasteiger partial charge on any atom is -0.478 e. The maximum Gasteiger partial charge on any atom is 0.337 e. The van der Waals surface area contributed by atoms with Crippen molar-refractivity contribution in [2.75, 3.05) is 5.32 Å². The van der Waals surface area contributed by atoms with Crippen molar-refractivity contribution in [3.8, 4) is 0 Å². The summed E-state index contributed by atoms with van der Waals surface area (Å²) in [7, 11) is 0. The van der Waals surface area contributed by atoms with Gasteiger partial charge in [-0.25, -0.2) is 4.79 Å². The van der Waals surface area contributed by atoms with Gasteiger partial charge in [0.05, 0.1) is 11.3 Å².